The van der Waals surface area contributed by atoms with Crippen molar-refractivity contribution in [2.45, 2.75) is 30.9 Å². The van der Waals surface area contributed by atoms with Crippen LogP contribution in [-0.2, 0) is 41.6 Å². The first-order valence-corrected chi connectivity index (χ1v) is 15.1. The number of fused-ring (bicyclic) bond motifs is 2. The number of nitrogens with one attached hydrogen (secondary N) is 1. The van der Waals surface area contributed by atoms with E-state index in [2.05, 4.69) is 11.3 Å². The van der Waals surface area contributed by atoms with Crippen molar-refractivity contribution in [1.29, 1.82) is 0 Å². The summed E-state index contributed by atoms with van der Waals surface area (Å²) in [7, 11) is -7.31. The lowest BCUT2D eigenvalue weighted by Crippen LogP contribution is -2.54. The van der Waals surface area contributed by atoms with Crippen LogP contribution in [0.4, 0.5) is 5.69 Å². The molecule has 11 heteroatoms. The van der Waals surface area contributed by atoms with Gasteiger partial charge >= 0.3 is 0 Å². The summed E-state index contributed by atoms with van der Waals surface area (Å²) >= 11 is 0. The van der Waals surface area contributed by atoms with Crippen LogP contribution >= 0.6 is 0 Å². The van der Waals surface area contributed by atoms with E-state index in [0.717, 1.165) is 16.5 Å². The number of carbonyl (C=O) groups is 1. The number of nitrogens with zero attached hydrogens (tertiary/aromatic N) is 2. The smallest absolute Gasteiger partial charge is 0.243 e. The molecule has 1 fully saturated rings. The van der Waals surface area contributed by atoms with Gasteiger partial charge in [-0.15, -0.1) is 0 Å². The van der Waals surface area contributed by atoms with Gasteiger partial charge in [0.05, 0.1) is 25.2 Å². The normalized spacial score (nSPS) is 18.1. The molecule has 2 heterocycles. The molecule has 1 atom stereocenters. The molecule has 4 rings (SSSR count). The van der Waals surface area contributed by atoms with Crippen LogP contribution < -0.4 is 9.03 Å². The Morgan fingerprint density at radius 3 is 2.36 bits per heavy atom. The molecular weight excluding hydrogens is 502 g/mol. The summed E-state index contributed by atoms with van der Waals surface area (Å²) < 4.78 is 58.7. The summed E-state index contributed by atoms with van der Waals surface area (Å²) in [6.45, 7) is 4.49. The summed E-state index contributed by atoms with van der Waals surface area (Å²) in [6.07, 6.45) is 2.33. The van der Waals surface area contributed by atoms with Crippen molar-refractivity contribution in [2.24, 2.45) is 0 Å². The molecule has 36 heavy (non-hydrogen) atoms. The topological polar surface area (TPSA) is 113 Å². The summed E-state index contributed by atoms with van der Waals surface area (Å²) in [5.74, 6) is -0.380. The maximum atomic E-state index is 13.4. The van der Waals surface area contributed by atoms with Gasteiger partial charge in [0, 0.05) is 30.5 Å². The molecule has 0 saturated carbocycles. The Morgan fingerprint density at radius 2 is 1.72 bits per heavy atom. The zero-order chi connectivity index (χ0) is 26.0. The number of para-hydroxylation sites is 1. The van der Waals surface area contributed by atoms with Crippen LogP contribution in [0.25, 0.3) is 0 Å². The summed E-state index contributed by atoms with van der Waals surface area (Å²) in [6, 6.07) is 15.8. The van der Waals surface area contributed by atoms with E-state index in [4.69, 9.17) is 4.74 Å². The van der Waals surface area contributed by atoms with Crippen LogP contribution in [0.5, 0.6) is 0 Å². The minimum absolute atomic E-state index is 0.132. The maximum Gasteiger partial charge on any atom is 0.243 e. The van der Waals surface area contributed by atoms with Gasteiger partial charge < -0.3 is 9.64 Å². The van der Waals surface area contributed by atoms with E-state index in [-0.39, 0.29) is 19.1 Å². The Bertz CT molecular complexity index is 1320. The second-order valence-electron chi connectivity index (χ2n) is 9.28. The third kappa shape index (κ3) is 5.64. The molecule has 1 saturated heterocycles. The van der Waals surface area contributed by atoms with Crippen molar-refractivity contribution < 1.29 is 26.4 Å². The van der Waals surface area contributed by atoms with E-state index < -0.39 is 31.5 Å². The molecule has 1 spiro atoms. The van der Waals surface area contributed by atoms with Gasteiger partial charge in [0.2, 0.25) is 26.0 Å². The van der Waals surface area contributed by atoms with Gasteiger partial charge in [0.15, 0.2) is 0 Å². The van der Waals surface area contributed by atoms with Crippen LogP contribution in [-0.4, -0.2) is 66.2 Å². The van der Waals surface area contributed by atoms with E-state index in [1.165, 1.54) is 10.6 Å². The molecule has 1 amide bonds. The minimum Gasteiger partial charge on any atom is -0.375 e. The lowest BCUT2D eigenvalue weighted by atomic mass is 9.74. The van der Waals surface area contributed by atoms with Gasteiger partial charge in [-0.1, -0.05) is 55.1 Å². The van der Waals surface area contributed by atoms with Gasteiger partial charge in [-0.3, -0.25) is 9.10 Å². The van der Waals surface area contributed by atoms with E-state index in [1.807, 2.05) is 54.6 Å². The van der Waals surface area contributed by atoms with Crippen LogP contribution in [0.1, 0.15) is 24.0 Å². The molecule has 9 nitrogen and oxygen atoms in total. The van der Waals surface area contributed by atoms with Crippen molar-refractivity contribution in [3.05, 3.63) is 77.7 Å². The average Bonchev–Trinajstić information content (AvgIpc) is 3.19. The fourth-order valence-corrected chi connectivity index (χ4v) is 6.61. The van der Waals surface area contributed by atoms with Crippen molar-refractivity contribution in [1.82, 2.24) is 9.62 Å². The van der Waals surface area contributed by atoms with Crippen molar-refractivity contribution in [2.75, 3.05) is 36.8 Å². The quantitative estimate of drug-likeness (QED) is 0.527. The van der Waals surface area contributed by atoms with E-state index in [0.29, 0.717) is 38.2 Å². The number of piperidine rings is 1. The lowest BCUT2D eigenvalue weighted by Gasteiger charge is -2.40. The standard InChI is InChI=1S/C25H31N3O6S2/c1-3-36(32,33)26-22(18-34-17-20-9-5-4-6-10-20)24(29)27-15-13-25(14-16-27)19-28(35(2,30)31)23-12-8-7-11-21(23)25/h3-12,22,26H,1,13-19H2,2H3/t22-/m1/s1. The number of hydrogen-bond acceptors (Lipinski definition) is 6. The second-order valence-corrected chi connectivity index (χ2v) is 12.8. The number of amides is 1. The number of sulfonamides is 2. The summed E-state index contributed by atoms with van der Waals surface area (Å²) in [5, 5.41) is 0.769. The number of anilines is 1. The molecule has 0 aliphatic carbocycles. The highest BCUT2D eigenvalue weighted by Crippen LogP contribution is 2.47. The molecule has 2 aliphatic rings. The first kappa shape index (κ1) is 26.3. The van der Waals surface area contributed by atoms with Crippen LogP contribution in [0.3, 0.4) is 0 Å². The average molecular weight is 534 g/mol. The number of rotatable bonds is 9. The van der Waals surface area contributed by atoms with E-state index >= 15 is 0 Å². The fraction of sp³-hybridized carbons (Fsp3) is 0.400. The molecular formula is C25H31N3O6S2. The summed E-state index contributed by atoms with van der Waals surface area (Å²) in [4.78, 5) is 15.0. The molecule has 0 bridgehead atoms. The predicted octanol–water partition coefficient (Wildman–Crippen LogP) is 1.97. The predicted molar refractivity (Wildman–Crippen MR) is 138 cm³/mol. The van der Waals surface area contributed by atoms with Crippen LogP contribution in [0, 0.1) is 0 Å². The molecule has 2 aromatic rings. The monoisotopic (exact) mass is 533 g/mol. The minimum atomic E-state index is -3.87. The SMILES string of the molecule is C=CS(=O)(=O)N[C@H](COCc1ccccc1)C(=O)N1CCC2(CC1)CN(S(C)(=O)=O)c1ccccc12. The van der Waals surface area contributed by atoms with Crippen LogP contribution in [0.15, 0.2) is 66.6 Å². The highest BCUT2D eigenvalue weighted by Gasteiger charge is 2.47. The Morgan fingerprint density at radius 1 is 1.08 bits per heavy atom. The number of likely N-dealkylation sites (tertiary alicyclic amines) is 1. The first-order valence-electron chi connectivity index (χ1n) is 11.7. The van der Waals surface area contributed by atoms with Crippen molar-refractivity contribution in [3.63, 3.8) is 0 Å². The maximum absolute atomic E-state index is 13.4. The molecule has 1 N–H and O–H groups in total. The molecule has 194 valence electrons. The number of benzene rings is 2. The van der Waals surface area contributed by atoms with Crippen LogP contribution in [0.2, 0.25) is 0 Å². The molecule has 2 aliphatic heterocycles. The zero-order valence-corrected chi connectivity index (χ0v) is 21.8. The lowest BCUT2D eigenvalue weighted by molar-refractivity contribution is -0.136. The second kappa shape index (κ2) is 10.3. The van der Waals surface area contributed by atoms with Gasteiger partial charge in [-0.05, 0) is 30.0 Å². The molecule has 2 aromatic carbocycles. The third-order valence-electron chi connectivity index (χ3n) is 6.84. The molecule has 0 aromatic heterocycles. The van der Waals surface area contributed by atoms with Gasteiger partial charge in [0.1, 0.15) is 6.04 Å². The Kier molecular flexibility index (Phi) is 7.56. The summed E-state index contributed by atoms with van der Waals surface area (Å²) in [5.41, 5.74) is 2.17. The first-order chi connectivity index (χ1) is 17.0. The van der Waals surface area contributed by atoms with E-state index in [9.17, 15) is 21.6 Å². The highest BCUT2D eigenvalue weighted by molar-refractivity contribution is 7.92. The van der Waals surface area contributed by atoms with Crippen molar-refractivity contribution in [3.8, 4) is 0 Å². The molecule has 0 unspecified atom stereocenters. The fourth-order valence-electron chi connectivity index (χ4n) is 4.95. The van der Waals surface area contributed by atoms with Gasteiger partial charge in [-0.25, -0.2) is 16.8 Å². The largest absolute Gasteiger partial charge is 0.375 e. The van der Waals surface area contributed by atoms with E-state index in [1.54, 1.807) is 4.90 Å². The Balaban J connectivity index is 1.47. The number of carbonyl (C=O) groups excluding carboxylic acids is 1. The Labute approximate surface area is 212 Å². The highest BCUT2D eigenvalue weighted by atomic mass is 32.2. The van der Waals surface area contributed by atoms with Gasteiger partial charge in [-0.2, -0.15) is 4.72 Å². The number of ether oxygens (including phenoxy) is 1. The van der Waals surface area contributed by atoms with Crippen molar-refractivity contribution >= 4 is 31.6 Å². The Hall–Kier alpha value is -2.73. The number of hydrogen-bond donors (Lipinski definition) is 1. The molecule has 0 radical (unpaired) electrons. The third-order valence-corrected chi connectivity index (χ3v) is 9.02. The van der Waals surface area contributed by atoms with Gasteiger partial charge in [0.25, 0.3) is 0 Å². The zero-order valence-electron chi connectivity index (χ0n) is 20.2.